The summed E-state index contributed by atoms with van der Waals surface area (Å²) in [4.78, 5) is 24.3. The average molecular weight is 405 g/mol. The van der Waals surface area contributed by atoms with E-state index in [1.807, 2.05) is 74.1 Å². The highest BCUT2D eigenvalue weighted by Gasteiger charge is 2.10. The van der Waals surface area contributed by atoms with E-state index in [-0.39, 0.29) is 18.4 Å². The molecule has 1 heterocycles. The zero-order valence-corrected chi connectivity index (χ0v) is 17.6. The summed E-state index contributed by atoms with van der Waals surface area (Å²) in [7, 11) is 0. The van der Waals surface area contributed by atoms with Gasteiger partial charge in [-0.15, -0.1) is 0 Å². The van der Waals surface area contributed by atoms with Crippen LogP contribution in [0, 0.1) is 20.8 Å². The molecule has 0 atom stereocenters. The minimum atomic E-state index is -0.222. The molecule has 2 amide bonds. The van der Waals surface area contributed by atoms with Crippen molar-refractivity contribution in [1.29, 1.82) is 0 Å². The van der Waals surface area contributed by atoms with Crippen molar-refractivity contribution in [3.05, 3.63) is 83.2 Å². The first-order valence-electron chi connectivity index (χ1n) is 9.93. The van der Waals surface area contributed by atoms with Crippen LogP contribution in [0.25, 0.3) is 5.69 Å². The molecule has 6 nitrogen and oxygen atoms in total. The van der Waals surface area contributed by atoms with Crippen LogP contribution in [-0.4, -0.2) is 36.1 Å². The van der Waals surface area contributed by atoms with Crippen molar-refractivity contribution in [3.63, 3.8) is 0 Å². The lowest BCUT2D eigenvalue weighted by molar-refractivity contribution is -0.123. The third-order valence-electron chi connectivity index (χ3n) is 4.99. The Labute approximate surface area is 176 Å². The van der Waals surface area contributed by atoms with Crippen LogP contribution in [0.15, 0.2) is 60.9 Å². The van der Waals surface area contributed by atoms with Gasteiger partial charge in [-0.05, 0) is 73.9 Å². The quantitative estimate of drug-likeness (QED) is 0.565. The number of amides is 2. The third kappa shape index (κ3) is 5.29. The summed E-state index contributed by atoms with van der Waals surface area (Å²) in [5, 5.41) is 5.57. The molecule has 0 unspecified atom stereocenters. The van der Waals surface area contributed by atoms with Gasteiger partial charge in [0.2, 0.25) is 0 Å². The van der Waals surface area contributed by atoms with Gasteiger partial charge < -0.3 is 19.9 Å². The fraction of sp³-hybridized carbons (Fsp3) is 0.250. The van der Waals surface area contributed by atoms with Crippen molar-refractivity contribution in [1.82, 2.24) is 15.2 Å². The molecule has 1 aromatic heterocycles. The maximum absolute atomic E-state index is 12.2. The Morgan fingerprint density at radius 3 is 2.20 bits per heavy atom. The Hall–Kier alpha value is -3.54. The third-order valence-corrected chi connectivity index (χ3v) is 4.99. The highest BCUT2D eigenvalue weighted by atomic mass is 16.5. The molecule has 0 fully saturated rings. The number of hydrogen-bond donors (Lipinski definition) is 2. The van der Waals surface area contributed by atoms with Crippen LogP contribution in [0.1, 0.15) is 27.0 Å². The second-order valence-electron chi connectivity index (χ2n) is 7.19. The number of carbonyl (C=O) groups is 2. The fourth-order valence-corrected chi connectivity index (χ4v) is 3.11. The molecule has 30 heavy (non-hydrogen) atoms. The number of ether oxygens (including phenoxy) is 1. The van der Waals surface area contributed by atoms with Crippen molar-refractivity contribution in [2.24, 2.45) is 0 Å². The molecule has 0 bridgehead atoms. The van der Waals surface area contributed by atoms with Gasteiger partial charge in [0, 0.05) is 36.7 Å². The lowest BCUT2D eigenvalue weighted by Crippen LogP contribution is -2.36. The number of hydrogen-bond acceptors (Lipinski definition) is 3. The standard InChI is InChI=1S/C24H27N3O3/c1-17-6-7-18(2)23(19(17)3)30-16-22(28)25-12-13-26-24(29)20-8-10-21(11-9-20)27-14-4-5-15-27/h4-11,14-15H,12-13,16H2,1-3H3,(H,25,28)(H,26,29). The van der Waals surface area contributed by atoms with Crippen molar-refractivity contribution < 1.29 is 14.3 Å². The van der Waals surface area contributed by atoms with Gasteiger partial charge in [0.1, 0.15) is 5.75 Å². The monoisotopic (exact) mass is 405 g/mol. The second kappa shape index (κ2) is 9.78. The smallest absolute Gasteiger partial charge is 0.258 e. The summed E-state index contributed by atoms with van der Waals surface area (Å²) in [5.74, 6) is 0.355. The molecule has 0 saturated heterocycles. The lowest BCUT2D eigenvalue weighted by atomic mass is 10.1. The van der Waals surface area contributed by atoms with E-state index in [4.69, 9.17) is 4.74 Å². The van der Waals surface area contributed by atoms with E-state index in [1.54, 1.807) is 12.1 Å². The van der Waals surface area contributed by atoms with Gasteiger partial charge in [-0.25, -0.2) is 0 Å². The van der Waals surface area contributed by atoms with Gasteiger partial charge in [0.05, 0.1) is 0 Å². The predicted octanol–water partition coefficient (Wildman–Crippen LogP) is 3.33. The Morgan fingerprint density at radius 2 is 1.50 bits per heavy atom. The molecule has 3 aromatic rings. The van der Waals surface area contributed by atoms with Crippen molar-refractivity contribution in [3.8, 4) is 11.4 Å². The highest BCUT2D eigenvalue weighted by Crippen LogP contribution is 2.25. The number of nitrogens with one attached hydrogen (secondary N) is 2. The molecule has 0 radical (unpaired) electrons. The van der Waals surface area contributed by atoms with Gasteiger partial charge in [-0.2, -0.15) is 0 Å². The molecular formula is C24H27N3O3. The van der Waals surface area contributed by atoms with Crippen LogP contribution in [0.4, 0.5) is 0 Å². The van der Waals surface area contributed by atoms with E-state index in [2.05, 4.69) is 10.6 Å². The topological polar surface area (TPSA) is 72.4 Å². The predicted molar refractivity (Wildman–Crippen MR) is 117 cm³/mol. The molecule has 0 spiro atoms. The molecule has 156 valence electrons. The van der Waals surface area contributed by atoms with E-state index in [1.165, 1.54) is 0 Å². The van der Waals surface area contributed by atoms with Crippen molar-refractivity contribution >= 4 is 11.8 Å². The van der Waals surface area contributed by atoms with E-state index in [0.29, 0.717) is 18.7 Å². The van der Waals surface area contributed by atoms with E-state index < -0.39 is 0 Å². The van der Waals surface area contributed by atoms with E-state index in [0.717, 1.165) is 28.1 Å². The summed E-state index contributed by atoms with van der Waals surface area (Å²) in [6.45, 7) is 6.57. The fourth-order valence-electron chi connectivity index (χ4n) is 3.11. The van der Waals surface area contributed by atoms with Gasteiger partial charge in [-0.1, -0.05) is 12.1 Å². The van der Waals surface area contributed by atoms with Crippen LogP contribution in [-0.2, 0) is 4.79 Å². The normalized spacial score (nSPS) is 10.5. The first kappa shape index (κ1) is 21.2. The first-order chi connectivity index (χ1) is 14.5. The molecule has 0 aliphatic heterocycles. The second-order valence-corrected chi connectivity index (χ2v) is 7.19. The highest BCUT2D eigenvalue weighted by molar-refractivity contribution is 5.94. The first-order valence-corrected chi connectivity index (χ1v) is 9.93. The van der Waals surface area contributed by atoms with Crippen LogP contribution in [0.3, 0.4) is 0 Å². The largest absolute Gasteiger partial charge is 0.483 e. The number of aromatic nitrogens is 1. The zero-order valence-electron chi connectivity index (χ0n) is 17.6. The molecule has 6 heteroatoms. The number of benzene rings is 2. The van der Waals surface area contributed by atoms with Crippen molar-refractivity contribution in [2.75, 3.05) is 19.7 Å². The van der Waals surface area contributed by atoms with Gasteiger partial charge >= 0.3 is 0 Å². The number of nitrogens with zero attached hydrogens (tertiary/aromatic N) is 1. The molecule has 2 aromatic carbocycles. The van der Waals surface area contributed by atoms with Gasteiger partial charge in [0.25, 0.3) is 11.8 Å². The van der Waals surface area contributed by atoms with E-state index in [9.17, 15) is 9.59 Å². The zero-order chi connectivity index (χ0) is 21.5. The summed E-state index contributed by atoms with van der Waals surface area (Å²) < 4.78 is 7.67. The summed E-state index contributed by atoms with van der Waals surface area (Å²) in [6, 6.07) is 15.3. The Kier molecular flexibility index (Phi) is 6.91. The molecule has 2 N–H and O–H groups in total. The van der Waals surface area contributed by atoms with Gasteiger partial charge in [-0.3, -0.25) is 9.59 Å². The SMILES string of the molecule is Cc1ccc(C)c(OCC(=O)NCCNC(=O)c2ccc(-n3cccc3)cc2)c1C. The van der Waals surface area contributed by atoms with E-state index >= 15 is 0 Å². The minimum absolute atomic E-state index is 0.0556. The molecule has 0 aliphatic carbocycles. The molecular weight excluding hydrogens is 378 g/mol. The van der Waals surface area contributed by atoms with Crippen LogP contribution >= 0.6 is 0 Å². The number of rotatable bonds is 8. The molecule has 0 aliphatic rings. The van der Waals surface area contributed by atoms with Crippen LogP contribution in [0.5, 0.6) is 5.75 Å². The van der Waals surface area contributed by atoms with Gasteiger partial charge in [0.15, 0.2) is 6.61 Å². The number of aryl methyl sites for hydroxylation is 2. The average Bonchev–Trinajstić information content (AvgIpc) is 3.29. The van der Waals surface area contributed by atoms with Crippen LogP contribution < -0.4 is 15.4 Å². The minimum Gasteiger partial charge on any atom is -0.483 e. The Balaban J connectivity index is 1.40. The molecule has 3 rings (SSSR count). The summed E-state index contributed by atoms with van der Waals surface area (Å²) in [5.41, 5.74) is 4.73. The number of carbonyl (C=O) groups excluding carboxylic acids is 2. The molecule has 0 saturated carbocycles. The summed E-state index contributed by atoms with van der Waals surface area (Å²) in [6.07, 6.45) is 3.89. The van der Waals surface area contributed by atoms with Crippen LogP contribution in [0.2, 0.25) is 0 Å². The van der Waals surface area contributed by atoms with Crippen molar-refractivity contribution in [2.45, 2.75) is 20.8 Å². The lowest BCUT2D eigenvalue weighted by Gasteiger charge is -2.14. The summed E-state index contributed by atoms with van der Waals surface area (Å²) >= 11 is 0. The maximum Gasteiger partial charge on any atom is 0.258 e. The maximum atomic E-state index is 12.2. The Bertz CT molecular complexity index is 1010. The Morgan fingerprint density at radius 1 is 0.867 bits per heavy atom.